The lowest BCUT2D eigenvalue weighted by Crippen LogP contribution is -2.46. The molecule has 6 nitrogen and oxygen atoms in total. The van der Waals surface area contributed by atoms with Crippen LogP contribution < -0.4 is 5.32 Å². The number of hydrogen-bond donors (Lipinski definition) is 1. The molecule has 160 valence electrons. The number of hydrogen-bond acceptors (Lipinski definition) is 4. The van der Waals surface area contributed by atoms with Crippen LogP contribution in [-0.2, 0) is 27.8 Å². The highest BCUT2D eigenvalue weighted by Gasteiger charge is 2.33. The molecule has 2 aromatic carbocycles. The number of piperidine rings is 1. The number of carbonyl (C=O) groups excluding carboxylic acids is 1. The molecular weight excluding hydrogens is 398 g/mol. The SMILES string of the molecule is O=C(NCCN1CCc2ccccc2C1)C1CCCN(S(=O)(=O)c2ccccc2)C1. The Hall–Kier alpha value is -2.22. The number of sulfonamides is 1. The van der Waals surface area contributed by atoms with Crippen molar-refractivity contribution in [1.29, 1.82) is 0 Å². The van der Waals surface area contributed by atoms with Crippen LogP contribution in [0.2, 0.25) is 0 Å². The molecule has 0 radical (unpaired) electrons. The van der Waals surface area contributed by atoms with Crippen LogP contribution in [0.15, 0.2) is 59.5 Å². The van der Waals surface area contributed by atoms with E-state index >= 15 is 0 Å². The van der Waals surface area contributed by atoms with E-state index in [2.05, 4.69) is 34.5 Å². The zero-order valence-electron chi connectivity index (χ0n) is 17.2. The van der Waals surface area contributed by atoms with Gasteiger partial charge in [-0.15, -0.1) is 0 Å². The van der Waals surface area contributed by atoms with Crippen LogP contribution in [0.25, 0.3) is 0 Å². The second-order valence-electron chi connectivity index (χ2n) is 8.10. The van der Waals surface area contributed by atoms with Crippen molar-refractivity contribution in [2.24, 2.45) is 5.92 Å². The molecule has 0 aliphatic carbocycles. The maximum atomic E-state index is 12.9. The van der Waals surface area contributed by atoms with Gasteiger partial charge in [-0.25, -0.2) is 8.42 Å². The minimum absolute atomic E-state index is 0.0413. The van der Waals surface area contributed by atoms with Gasteiger partial charge in [0.1, 0.15) is 0 Å². The van der Waals surface area contributed by atoms with Crippen LogP contribution in [-0.4, -0.2) is 56.3 Å². The Bertz CT molecular complexity index is 978. The summed E-state index contributed by atoms with van der Waals surface area (Å²) in [5.74, 6) is -0.334. The quantitative estimate of drug-likeness (QED) is 0.768. The highest BCUT2D eigenvalue weighted by atomic mass is 32.2. The van der Waals surface area contributed by atoms with E-state index in [0.717, 1.165) is 32.5 Å². The predicted octanol–water partition coefficient (Wildman–Crippen LogP) is 2.26. The molecule has 2 aliphatic heterocycles. The summed E-state index contributed by atoms with van der Waals surface area (Å²) in [4.78, 5) is 15.3. The topological polar surface area (TPSA) is 69.7 Å². The number of rotatable bonds is 6. The van der Waals surface area contributed by atoms with Crippen LogP contribution in [0, 0.1) is 5.92 Å². The van der Waals surface area contributed by atoms with Gasteiger partial charge < -0.3 is 5.32 Å². The van der Waals surface area contributed by atoms with Crippen molar-refractivity contribution in [1.82, 2.24) is 14.5 Å². The molecule has 7 heteroatoms. The van der Waals surface area contributed by atoms with Crippen LogP contribution in [0.4, 0.5) is 0 Å². The molecule has 4 rings (SSSR count). The van der Waals surface area contributed by atoms with Gasteiger partial charge in [0.25, 0.3) is 0 Å². The Kier molecular flexibility index (Phi) is 6.51. The smallest absolute Gasteiger partial charge is 0.243 e. The number of carbonyl (C=O) groups is 1. The molecular formula is C23H29N3O3S. The van der Waals surface area contributed by atoms with Crippen molar-refractivity contribution >= 4 is 15.9 Å². The van der Waals surface area contributed by atoms with Gasteiger partial charge in [0.05, 0.1) is 10.8 Å². The molecule has 1 atom stereocenters. The number of fused-ring (bicyclic) bond motifs is 1. The van der Waals surface area contributed by atoms with Crippen LogP contribution in [0.1, 0.15) is 24.0 Å². The third-order valence-corrected chi connectivity index (χ3v) is 7.95. The zero-order valence-corrected chi connectivity index (χ0v) is 18.0. The highest BCUT2D eigenvalue weighted by Crippen LogP contribution is 2.24. The Morgan fingerprint density at radius 1 is 1.00 bits per heavy atom. The van der Waals surface area contributed by atoms with Gasteiger partial charge in [-0.05, 0) is 42.5 Å². The van der Waals surface area contributed by atoms with E-state index in [-0.39, 0.29) is 23.3 Å². The van der Waals surface area contributed by atoms with E-state index in [1.165, 1.54) is 15.4 Å². The summed E-state index contributed by atoms with van der Waals surface area (Å²) < 4.78 is 27.2. The molecule has 1 N–H and O–H groups in total. The first-order valence-corrected chi connectivity index (χ1v) is 12.1. The van der Waals surface area contributed by atoms with Crippen molar-refractivity contribution in [3.05, 3.63) is 65.7 Å². The molecule has 2 aromatic rings. The van der Waals surface area contributed by atoms with Gasteiger partial charge in [0.2, 0.25) is 15.9 Å². The normalized spacial score (nSPS) is 20.5. The van der Waals surface area contributed by atoms with Crippen molar-refractivity contribution in [2.75, 3.05) is 32.7 Å². The first-order valence-electron chi connectivity index (χ1n) is 10.7. The second-order valence-corrected chi connectivity index (χ2v) is 10.0. The molecule has 0 spiro atoms. The molecule has 1 unspecified atom stereocenters. The minimum Gasteiger partial charge on any atom is -0.355 e. The fourth-order valence-electron chi connectivity index (χ4n) is 4.34. The Morgan fingerprint density at radius 3 is 2.53 bits per heavy atom. The van der Waals surface area contributed by atoms with Gasteiger partial charge in [-0.2, -0.15) is 4.31 Å². The summed E-state index contributed by atoms with van der Waals surface area (Å²) in [7, 11) is -3.55. The number of nitrogens with zero attached hydrogens (tertiary/aromatic N) is 2. The van der Waals surface area contributed by atoms with Gasteiger partial charge in [-0.1, -0.05) is 42.5 Å². The maximum Gasteiger partial charge on any atom is 0.243 e. The van der Waals surface area contributed by atoms with E-state index in [4.69, 9.17) is 0 Å². The molecule has 0 bridgehead atoms. The van der Waals surface area contributed by atoms with E-state index in [1.54, 1.807) is 30.3 Å². The van der Waals surface area contributed by atoms with Crippen molar-refractivity contribution in [2.45, 2.75) is 30.7 Å². The minimum atomic E-state index is -3.55. The van der Waals surface area contributed by atoms with Crippen molar-refractivity contribution in [3.63, 3.8) is 0 Å². The lowest BCUT2D eigenvalue weighted by Gasteiger charge is -2.32. The second kappa shape index (κ2) is 9.29. The number of nitrogens with one attached hydrogen (secondary N) is 1. The molecule has 0 aromatic heterocycles. The summed E-state index contributed by atoms with van der Waals surface area (Å²) in [6, 6.07) is 17.0. The average Bonchev–Trinajstić information content (AvgIpc) is 2.79. The van der Waals surface area contributed by atoms with Gasteiger partial charge >= 0.3 is 0 Å². The lowest BCUT2D eigenvalue weighted by atomic mass is 9.98. The Morgan fingerprint density at radius 2 is 1.73 bits per heavy atom. The fourth-order valence-corrected chi connectivity index (χ4v) is 5.89. The zero-order chi connectivity index (χ0) is 21.0. The molecule has 2 aliphatic rings. The summed E-state index contributed by atoms with van der Waals surface area (Å²) in [6.07, 6.45) is 2.47. The standard InChI is InChI=1S/C23H29N3O3S/c27-23(24-13-16-25-15-12-19-7-4-5-8-20(19)17-25)21-9-6-14-26(18-21)30(28,29)22-10-2-1-3-11-22/h1-5,7-8,10-11,21H,6,9,12-18H2,(H,24,27). The van der Waals surface area contributed by atoms with E-state index in [9.17, 15) is 13.2 Å². The highest BCUT2D eigenvalue weighted by molar-refractivity contribution is 7.89. The van der Waals surface area contributed by atoms with Crippen molar-refractivity contribution in [3.8, 4) is 0 Å². The molecule has 1 fully saturated rings. The molecule has 1 amide bonds. The first kappa shape index (κ1) is 21.0. The van der Waals surface area contributed by atoms with Crippen LogP contribution in [0.5, 0.6) is 0 Å². The predicted molar refractivity (Wildman–Crippen MR) is 116 cm³/mol. The monoisotopic (exact) mass is 427 g/mol. The molecule has 1 saturated heterocycles. The van der Waals surface area contributed by atoms with Crippen LogP contribution in [0.3, 0.4) is 0 Å². The van der Waals surface area contributed by atoms with E-state index < -0.39 is 10.0 Å². The van der Waals surface area contributed by atoms with E-state index in [0.29, 0.717) is 19.5 Å². The average molecular weight is 428 g/mol. The number of amides is 1. The van der Waals surface area contributed by atoms with Gasteiger partial charge in [0, 0.05) is 39.3 Å². The van der Waals surface area contributed by atoms with Gasteiger partial charge in [0.15, 0.2) is 0 Å². The third kappa shape index (κ3) is 4.74. The summed E-state index contributed by atoms with van der Waals surface area (Å²) in [5, 5.41) is 3.03. The summed E-state index contributed by atoms with van der Waals surface area (Å²) in [5.41, 5.74) is 2.78. The lowest BCUT2D eigenvalue weighted by molar-refractivity contribution is -0.126. The molecule has 0 saturated carbocycles. The fraction of sp³-hybridized carbons (Fsp3) is 0.435. The molecule has 2 heterocycles. The van der Waals surface area contributed by atoms with Crippen LogP contribution >= 0.6 is 0 Å². The third-order valence-electron chi connectivity index (χ3n) is 6.07. The van der Waals surface area contributed by atoms with Crippen molar-refractivity contribution < 1.29 is 13.2 Å². The summed E-state index contributed by atoms with van der Waals surface area (Å²) >= 11 is 0. The number of benzene rings is 2. The summed E-state index contributed by atoms with van der Waals surface area (Å²) in [6.45, 7) is 4.02. The van der Waals surface area contributed by atoms with E-state index in [1.807, 2.05) is 0 Å². The Balaban J connectivity index is 1.28. The van der Waals surface area contributed by atoms with Gasteiger partial charge in [-0.3, -0.25) is 9.69 Å². The maximum absolute atomic E-state index is 12.9. The molecule has 30 heavy (non-hydrogen) atoms. The first-order chi connectivity index (χ1) is 14.5. The Labute approximate surface area is 178 Å². The largest absolute Gasteiger partial charge is 0.355 e.